The van der Waals surface area contributed by atoms with Crippen molar-refractivity contribution in [3.05, 3.63) is 41.4 Å². The lowest BCUT2D eigenvalue weighted by molar-refractivity contribution is 0.179. The predicted molar refractivity (Wildman–Crippen MR) is 69.5 cm³/mol. The maximum Gasteiger partial charge on any atom is 0.142 e. The van der Waals surface area contributed by atoms with Gasteiger partial charge in [0, 0.05) is 37.1 Å². The molecule has 2 rings (SSSR count). The lowest BCUT2D eigenvalue weighted by Crippen LogP contribution is -2.28. The molecule has 0 fully saturated rings. The number of hydrogen-bond donors (Lipinski definition) is 1. The fraction of sp³-hybridized carbons (Fsp3) is 0.333. The topological polar surface area (TPSA) is 66.0 Å². The van der Waals surface area contributed by atoms with Crippen molar-refractivity contribution in [1.82, 2.24) is 14.8 Å². The summed E-state index contributed by atoms with van der Waals surface area (Å²) in [6.45, 7) is 1.88. The molecular weight excluding hydrogens is 252 g/mol. The van der Waals surface area contributed by atoms with Crippen molar-refractivity contribution in [3.8, 4) is 5.75 Å². The molecule has 0 amide bonds. The average Bonchev–Trinajstić information content (AvgIpc) is 2.72. The van der Waals surface area contributed by atoms with Gasteiger partial charge in [-0.05, 0) is 6.92 Å². The van der Waals surface area contributed by atoms with Gasteiger partial charge in [-0.15, -0.1) is 0 Å². The number of hydrogen-bond acceptors (Lipinski definition) is 4. The standard InChI is InChI=1S/C12H15ClN4O/c1-8(14)12(9-4-16-17(2)7-9)18-11-3-10(13)5-15-6-11/h3-8,12H,14H2,1-2H3. The van der Waals surface area contributed by atoms with Crippen LogP contribution >= 0.6 is 11.6 Å². The van der Waals surface area contributed by atoms with Crippen LogP contribution in [0.4, 0.5) is 0 Å². The van der Waals surface area contributed by atoms with Crippen LogP contribution in [0.3, 0.4) is 0 Å². The Labute approximate surface area is 111 Å². The fourth-order valence-corrected chi connectivity index (χ4v) is 1.83. The zero-order chi connectivity index (χ0) is 13.1. The molecule has 0 saturated carbocycles. The quantitative estimate of drug-likeness (QED) is 0.918. The van der Waals surface area contributed by atoms with Gasteiger partial charge >= 0.3 is 0 Å². The van der Waals surface area contributed by atoms with Gasteiger partial charge in [0.15, 0.2) is 0 Å². The molecule has 2 atom stereocenters. The molecule has 0 saturated heterocycles. The van der Waals surface area contributed by atoms with Gasteiger partial charge in [0.25, 0.3) is 0 Å². The van der Waals surface area contributed by atoms with Gasteiger partial charge in [0.05, 0.1) is 17.4 Å². The lowest BCUT2D eigenvalue weighted by Gasteiger charge is -2.21. The minimum Gasteiger partial charge on any atom is -0.482 e. The molecule has 0 aliphatic carbocycles. The average molecular weight is 267 g/mol. The van der Waals surface area contributed by atoms with Gasteiger partial charge < -0.3 is 10.5 Å². The molecule has 2 aromatic rings. The van der Waals surface area contributed by atoms with E-state index in [1.54, 1.807) is 29.3 Å². The number of rotatable bonds is 4. The highest BCUT2D eigenvalue weighted by Crippen LogP contribution is 2.24. The molecule has 0 bridgehead atoms. The van der Waals surface area contributed by atoms with E-state index in [1.807, 2.05) is 20.2 Å². The summed E-state index contributed by atoms with van der Waals surface area (Å²) in [5, 5.41) is 4.65. The number of halogens is 1. The zero-order valence-corrected chi connectivity index (χ0v) is 11.0. The first-order valence-electron chi connectivity index (χ1n) is 5.57. The Morgan fingerprint density at radius 2 is 2.17 bits per heavy atom. The van der Waals surface area contributed by atoms with Crippen molar-refractivity contribution in [3.63, 3.8) is 0 Å². The normalized spacial score (nSPS) is 14.2. The monoisotopic (exact) mass is 266 g/mol. The Kier molecular flexibility index (Phi) is 3.84. The van der Waals surface area contributed by atoms with Gasteiger partial charge in [-0.3, -0.25) is 9.67 Å². The molecule has 96 valence electrons. The van der Waals surface area contributed by atoms with E-state index < -0.39 is 0 Å². The second-order valence-electron chi connectivity index (χ2n) is 4.18. The summed E-state index contributed by atoms with van der Waals surface area (Å²) in [5.74, 6) is 0.591. The first kappa shape index (κ1) is 12.9. The molecule has 0 spiro atoms. The first-order valence-corrected chi connectivity index (χ1v) is 5.95. The number of nitrogens with zero attached hydrogens (tertiary/aromatic N) is 3. The largest absolute Gasteiger partial charge is 0.482 e. The van der Waals surface area contributed by atoms with Crippen LogP contribution in [0.1, 0.15) is 18.6 Å². The van der Waals surface area contributed by atoms with E-state index in [0.29, 0.717) is 10.8 Å². The van der Waals surface area contributed by atoms with E-state index >= 15 is 0 Å². The summed E-state index contributed by atoms with van der Waals surface area (Å²) in [6.07, 6.45) is 6.51. The van der Waals surface area contributed by atoms with E-state index in [0.717, 1.165) is 5.56 Å². The number of aryl methyl sites for hydroxylation is 1. The molecular formula is C12H15ClN4O. The third-order valence-electron chi connectivity index (χ3n) is 2.47. The van der Waals surface area contributed by atoms with Crippen molar-refractivity contribution in [1.29, 1.82) is 0 Å². The van der Waals surface area contributed by atoms with Crippen LogP contribution in [0.5, 0.6) is 5.75 Å². The molecule has 5 nitrogen and oxygen atoms in total. The Balaban J connectivity index is 2.22. The second kappa shape index (κ2) is 5.37. The van der Waals surface area contributed by atoms with Gasteiger partial charge in [-0.25, -0.2) is 0 Å². The van der Waals surface area contributed by atoms with E-state index in [9.17, 15) is 0 Å². The highest BCUT2D eigenvalue weighted by molar-refractivity contribution is 6.30. The number of nitrogens with two attached hydrogens (primary N) is 1. The maximum absolute atomic E-state index is 5.95. The van der Waals surface area contributed by atoms with E-state index in [1.165, 1.54) is 0 Å². The summed E-state index contributed by atoms with van der Waals surface area (Å²) in [6, 6.07) is 1.54. The summed E-state index contributed by atoms with van der Waals surface area (Å²) >= 11 is 5.87. The highest BCUT2D eigenvalue weighted by Gasteiger charge is 2.20. The Morgan fingerprint density at radius 1 is 1.39 bits per heavy atom. The van der Waals surface area contributed by atoms with Crippen molar-refractivity contribution in [2.45, 2.75) is 19.1 Å². The highest BCUT2D eigenvalue weighted by atomic mass is 35.5. The molecule has 0 aliphatic heterocycles. The van der Waals surface area contributed by atoms with E-state index in [4.69, 9.17) is 22.1 Å². The van der Waals surface area contributed by atoms with Crippen LogP contribution < -0.4 is 10.5 Å². The second-order valence-corrected chi connectivity index (χ2v) is 4.62. The van der Waals surface area contributed by atoms with Crippen molar-refractivity contribution in [2.75, 3.05) is 0 Å². The van der Waals surface area contributed by atoms with Crippen molar-refractivity contribution < 1.29 is 4.74 Å². The first-order chi connectivity index (χ1) is 8.56. The third-order valence-corrected chi connectivity index (χ3v) is 2.68. The van der Waals surface area contributed by atoms with Crippen LogP contribution in [0.15, 0.2) is 30.9 Å². The molecule has 2 unspecified atom stereocenters. The lowest BCUT2D eigenvalue weighted by atomic mass is 10.1. The number of pyridine rings is 1. The van der Waals surface area contributed by atoms with Gasteiger partial charge in [-0.1, -0.05) is 11.6 Å². The van der Waals surface area contributed by atoms with E-state index in [2.05, 4.69) is 10.1 Å². The molecule has 0 radical (unpaired) electrons. The Hall–Kier alpha value is -1.59. The van der Waals surface area contributed by atoms with E-state index in [-0.39, 0.29) is 12.1 Å². The van der Waals surface area contributed by atoms with Gasteiger partial charge in [0.1, 0.15) is 11.9 Å². The smallest absolute Gasteiger partial charge is 0.142 e. The predicted octanol–water partition coefficient (Wildman–Crippen LogP) is 1.94. The fourth-order valence-electron chi connectivity index (χ4n) is 1.67. The maximum atomic E-state index is 5.95. The summed E-state index contributed by atoms with van der Waals surface area (Å²) in [7, 11) is 1.85. The molecule has 2 N–H and O–H groups in total. The zero-order valence-electron chi connectivity index (χ0n) is 10.2. The van der Waals surface area contributed by atoms with Crippen LogP contribution in [0, 0.1) is 0 Å². The molecule has 2 aromatic heterocycles. The minimum absolute atomic E-state index is 0.173. The summed E-state index contributed by atoms with van der Waals surface area (Å²) in [4.78, 5) is 3.98. The number of aromatic nitrogens is 3. The number of ether oxygens (including phenoxy) is 1. The summed E-state index contributed by atoms with van der Waals surface area (Å²) < 4.78 is 7.54. The van der Waals surface area contributed by atoms with Crippen LogP contribution in [0.25, 0.3) is 0 Å². The third kappa shape index (κ3) is 3.00. The molecule has 0 aromatic carbocycles. The van der Waals surface area contributed by atoms with Gasteiger partial charge in [-0.2, -0.15) is 5.10 Å². The molecule has 18 heavy (non-hydrogen) atoms. The Morgan fingerprint density at radius 3 is 2.72 bits per heavy atom. The van der Waals surface area contributed by atoms with Crippen LogP contribution in [0.2, 0.25) is 5.02 Å². The SMILES string of the molecule is CC(N)C(Oc1cncc(Cl)c1)c1cnn(C)c1. The molecule has 2 heterocycles. The molecule has 0 aliphatic rings. The van der Waals surface area contributed by atoms with Gasteiger partial charge in [0.2, 0.25) is 0 Å². The van der Waals surface area contributed by atoms with Crippen molar-refractivity contribution in [2.24, 2.45) is 12.8 Å². The Bertz CT molecular complexity index is 526. The van der Waals surface area contributed by atoms with Crippen LogP contribution in [-0.2, 0) is 7.05 Å². The summed E-state index contributed by atoms with van der Waals surface area (Å²) in [5.41, 5.74) is 6.87. The van der Waals surface area contributed by atoms with Crippen molar-refractivity contribution >= 4 is 11.6 Å². The van der Waals surface area contributed by atoms with Crippen LogP contribution in [-0.4, -0.2) is 20.8 Å². The minimum atomic E-state index is -0.279. The molecule has 6 heteroatoms.